The zero-order valence-electron chi connectivity index (χ0n) is 16.4. The van der Waals surface area contributed by atoms with E-state index >= 15 is 0 Å². The highest BCUT2D eigenvalue weighted by molar-refractivity contribution is 6.55. The maximum absolute atomic E-state index is 14.5. The Labute approximate surface area is 171 Å². The van der Waals surface area contributed by atoms with Crippen molar-refractivity contribution in [2.24, 2.45) is 5.16 Å². The molecule has 0 atom stereocenters. The highest BCUT2D eigenvalue weighted by Gasteiger charge is 2.16. The van der Waals surface area contributed by atoms with Crippen molar-refractivity contribution in [2.45, 2.75) is 52.9 Å². The van der Waals surface area contributed by atoms with Gasteiger partial charge in [-0.25, -0.2) is 4.39 Å². The number of unbranched alkanes of at least 4 members (excludes halogenated alkanes) is 2. The van der Waals surface area contributed by atoms with Gasteiger partial charge in [0.2, 0.25) is 0 Å². The molecule has 0 N–H and O–H groups in total. The molecule has 0 saturated carbocycles. The molecule has 0 amide bonds. The second kappa shape index (κ2) is 12.8. The molecule has 4 nitrogen and oxygen atoms in total. The van der Waals surface area contributed by atoms with Crippen LogP contribution in [0.4, 0.5) is 4.39 Å². The van der Waals surface area contributed by atoms with Crippen LogP contribution in [0.1, 0.15) is 58.4 Å². The number of nitrogens with zero attached hydrogens (tertiary/aromatic N) is 1. The molecule has 0 aliphatic rings. The molecule has 7 heteroatoms. The number of oxime groups is 1. The fraction of sp³-hybridized carbons (Fsp3) is 0.550. The molecule has 0 saturated heterocycles. The normalized spacial score (nSPS) is 10.5. The van der Waals surface area contributed by atoms with Crippen molar-refractivity contribution in [2.75, 3.05) is 19.8 Å². The van der Waals surface area contributed by atoms with Gasteiger partial charge in [-0.2, -0.15) is 0 Å². The number of halogens is 3. The van der Waals surface area contributed by atoms with E-state index < -0.39 is 5.82 Å². The van der Waals surface area contributed by atoms with Crippen LogP contribution in [0.15, 0.2) is 27.9 Å². The van der Waals surface area contributed by atoms with Crippen LogP contribution in [0.3, 0.4) is 0 Å². The minimum atomic E-state index is -0.437. The second-order valence-electron chi connectivity index (χ2n) is 6.56. The van der Waals surface area contributed by atoms with Gasteiger partial charge < -0.3 is 14.3 Å². The number of hydrogen-bond donors (Lipinski definition) is 0. The molecule has 0 radical (unpaired) electrons. The first kappa shape index (κ1) is 23.6. The van der Waals surface area contributed by atoms with Crippen LogP contribution in [0.25, 0.3) is 0 Å². The molecule has 27 heavy (non-hydrogen) atoms. The summed E-state index contributed by atoms with van der Waals surface area (Å²) in [5.41, 5.74) is 1.66. The smallest absolute Gasteiger partial charge is 0.169 e. The lowest BCUT2D eigenvalue weighted by Crippen LogP contribution is -2.05. The Bertz CT molecular complexity index is 640. The summed E-state index contributed by atoms with van der Waals surface area (Å²) >= 11 is 11.1. The average Bonchev–Trinajstić information content (AvgIpc) is 2.57. The number of rotatable bonds is 12. The van der Waals surface area contributed by atoms with Crippen molar-refractivity contribution in [1.29, 1.82) is 0 Å². The first-order valence-corrected chi connectivity index (χ1v) is 9.80. The molecule has 0 spiro atoms. The van der Waals surface area contributed by atoms with Crippen LogP contribution in [-0.4, -0.2) is 25.5 Å². The van der Waals surface area contributed by atoms with Gasteiger partial charge in [-0.05, 0) is 51.2 Å². The quantitative estimate of drug-likeness (QED) is 0.217. The van der Waals surface area contributed by atoms with E-state index in [0.29, 0.717) is 19.0 Å². The molecular formula is C20H28Cl2FNO3. The molecule has 0 unspecified atom stereocenters. The Morgan fingerprint density at radius 1 is 1.11 bits per heavy atom. The van der Waals surface area contributed by atoms with E-state index in [0.717, 1.165) is 30.5 Å². The second-order valence-corrected chi connectivity index (χ2v) is 7.57. The third-order valence-corrected chi connectivity index (χ3v) is 3.84. The first-order chi connectivity index (χ1) is 12.8. The number of hydrogen-bond acceptors (Lipinski definition) is 4. The van der Waals surface area contributed by atoms with Crippen molar-refractivity contribution < 1.29 is 18.7 Å². The third kappa shape index (κ3) is 9.87. The van der Waals surface area contributed by atoms with Crippen LogP contribution < -0.4 is 9.47 Å². The van der Waals surface area contributed by atoms with E-state index in [1.54, 1.807) is 6.07 Å². The van der Waals surface area contributed by atoms with Crippen LogP contribution in [0.5, 0.6) is 11.5 Å². The Balaban J connectivity index is 2.56. The summed E-state index contributed by atoms with van der Waals surface area (Å²) in [5, 5.41) is 3.88. The van der Waals surface area contributed by atoms with Gasteiger partial charge in [-0.3, -0.25) is 0 Å². The maximum atomic E-state index is 14.5. The van der Waals surface area contributed by atoms with Crippen molar-refractivity contribution >= 4 is 28.9 Å². The summed E-state index contributed by atoms with van der Waals surface area (Å²) < 4.78 is 25.8. The zero-order valence-corrected chi connectivity index (χ0v) is 17.9. The Morgan fingerprint density at radius 2 is 1.81 bits per heavy atom. The molecule has 1 aromatic rings. The third-order valence-electron chi connectivity index (χ3n) is 3.53. The van der Waals surface area contributed by atoms with E-state index in [-0.39, 0.29) is 22.8 Å². The topological polar surface area (TPSA) is 40.0 Å². The SMILES string of the molecule is CC(C)=NOCCCCCOc1c(F)cc(OCC=C(Cl)Cl)cc1C(C)C. The van der Waals surface area contributed by atoms with E-state index in [9.17, 15) is 4.39 Å². The minimum Gasteiger partial charge on any atom is -0.490 e. The van der Waals surface area contributed by atoms with Gasteiger partial charge in [0.15, 0.2) is 11.6 Å². The van der Waals surface area contributed by atoms with Crippen LogP contribution in [0, 0.1) is 5.82 Å². The molecule has 0 fully saturated rings. The Kier molecular flexibility index (Phi) is 11.2. The van der Waals surface area contributed by atoms with Gasteiger partial charge in [-0.1, -0.05) is 42.2 Å². The van der Waals surface area contributed by atoms with E-state index in [2.05, 4.69) is 5.16 Å². The zero-order chi connectivity index (χ0) is 20.2. The molecule has 1 aromatic carbocycles. The first-order valence-electron chi connectivity index (χ1n) is 9.04. The molecular weight excluding hydrogens is 392 g/mol. The van der Waals surface area contributed by atoms with Gasteiger partial charge in [0.25, 0.3) is 0 Å². The lowest BCUT2D eigenvalue weighted by molar-refractivity contribution is 0.138. The summed E-state index contributed by atoms with van der Waals surface area (Å²) in [5.74, 6) is 0.353. The largest absolute Gasteiger partial charge is 0.490 e. The monoisotopic (exact) mass is 419 g/mol. The minimum absolute atomic E-state index is 0.0914. The predicted octanol–water partition coefficient (Wildman–Crippen LogP) is 6.61. The molecule has 0 heterocycles. The van der Waals surface area contributed by atoms with Crippen LogP contribution in [-0.2, 0) is 4.84 Å². The van der Waals surface area contributed by atoms with Crippen molar-refractivity contribution in [3.8, 4) is 11.5 Å². The van der Waals surface area contributed by atoms with Crippen LogP contribution >= 0.6 is 23.2 Å². The molecule has 0 bridgehead atoms. The predicted molar refractivity (Wildman–Crippen MR) is 110 cm³/mol. The summed E-state index contributed by atoms with van der Waals surface area (Å²) in [6, 6.07) is 3.11. The molecule has 1 rings (SSSR count). The highest BCUT2D eigenvalue weighted by Crippen LogP contribution is 2.33. The van der Waals surface area contributed by atoms with Crippen molar-refractivity contribution in [3.63, 3.8) is 0 Å². The van der Waals surface area contributed by atoms with Gasteiger partial charge in [-0.15, -0.1) is 0 Å². The number of benzene rings is 1. The van der Waals surface area contributed by atoms with Gasteiger partial charge in [0.05, 0.1) is 12.3 Å². The van der Waals surface area contributed by atoms with Crippen LogP contribution in [0.2, 0.25) is 0 Å². The van der Waals surface area contributed by atoms with Gasteiger partial charge in [0.1, 0.15) is 23.5 Å². The summed E-state index contributed by atoms with van der Waals surface area (Å²) in [6.45, 7) is 8.91. The van der Waals surface area contributed by atoms with Crippen molar-refractivity contribution in [3.05, 3.63) is 34.1 Å². The van der Waals surface area contributed by atoms with E-state index in [1.807, 2.05) is 27.7 Å². The lowest BCUT2D eigenvalue weighted by Gasteiger charge is -2.17. The highest BCUT2D eigenvalue weighted by atomic mass is 35.5. The molecule has 0 aliphatic heterocycles. The lowest BCUT2D eigenvalue weighted by atomic mass is 10.0. The standard InChI is InChI=1S/C20H28Cl2FNO3/c1-14(2)17-12-16(25-11-8-19(21)22)13-18(23)20(17)26-9-6-5-7-10-27-24-15(3)4/h8,12-14H,5-7,9-11H2,1-4H3. The summed E-state index contributed by atoms with van der Waals surface area (Å²) in [6.07, 6.45) is 4.11. The molecule has 152 valence electrons. The fourth-order valence-electron chi connectivity index (χ4n) is 2.25. The van der Waals surface area contributed by atoms with Crippen molar-refractivity contribution in [1.82, 2.24) is 0 Å². The fourth-order valence-corrected chi connectivity index (χ4v) is 2.37. The summed E-state index contributed by atoms with van der Waals surface area (Å²) in [7, 11) is 0. The molecule has 0 aliphatic carbocycles. The van der Waals surface area contributed by atoms with E-state index in [1.165, 1.54) is 12.1 Å². The van der Waals surface area contributed by atoms with Gasteiger partial charge >= 0.3 is 0 Å². The molecule has 0 aromatic heterocycles. The van der Waals surface area contributed by atoms with Gasteiger partial charge in [0, 0.05) is 11.6 Å². The Morgan fingerprint density at radius 3 is 2.44 bits per heavy atom. The summed E-state index contributed by atoms with van der Waals surface area (Å²) in [4.78, 5) is 5.14. The maximum Gasteiger partial charge on any atom is 0.169 e. The average molecular weight is 420 g/mol. The Hall–Kier alpha value is -1.46. The van der Waals surface area contributed by atoms with E-state index in [4.69, 9.17) is 37.5 Å². The number of ether oxygens (including phenoxy) is 2.